The minimum atomic E-state index is 0.232. The van der Waals surface area contributed by atoms with E-state index in [0.717, 1.165) is 25.7 Å². The van der Waals surface area contributed by atoms with Crippen LogP contribution in [0.4, 0.5) is 0 Å². The van der Waals surface area contributed by atoms with Gasteiger partial charge in [-0.1, -0.05) is 42.7 Å². The van der Waals surface area contributed by atoms with E-state index in [2.05, 4.69) is 24.0 Å². The van der Waals surface area contributed by atoms with Gasteiger partial charge >= 0.3 is 0 Å². The van der Waals surface area contributed by atoms with E-state index in [0.29, 0.717) is 19.5 Å². The van der Waals surface area contributed by atoms with Crippen molar-refractivity contribution in [2.45, 2.75) is 38.6 Å². The molecule has 0 radical (unpaired) electrons. The van der Waals surface area contributed by atoms with E-state index in [1.165, 1.54) is 5.56 Å². The summed E-state index contributed by atoms with van der Waals surface area (Å²) < 4.78 is 0. The lowest BCUT2D eigenvalue weighted by Crippen LogP contribution is -2.30. The molecule has 1 amide bonds. The summed E-state index contributed by atoms with van der Waals surface area (Å²) in [7, 11) is 0. The van der Waals surface area contributed by atoms with Gasteiger partial charge in [0.2, 0.25) is 5.91 Å². The normalized spacial score (nSPS) is 16.9. The smallest absolute Gasteiger partial charge is 0.223 e. The molecule has 2 rings (SSSR count). The van der Waals surface area contributed by atoms with E-state index >= 15 is 0 Å². The average Bonchev–Trinajstić information content (AvgIpc) is 2.41. The van der Waals surface area contributed by atoms with E-state index in [4.69, 9.17) is 0 Å². The molecule has 0 N–H and O–H groups in total. The third kappa shape index (κ3) is 3.92. The SMILES string of the molecule is O=C1CCCCCC#CCN1Cc1ccccc1. The molecule has 1 aliphatic rings. The van der Waals surface area contributed by atoms with Crippen molar-refractivity contribution in [2.75, 3.05) is 6.54 Å². The zero-order chi connectivity index (χ0) is 12.6. The number of nitrogens with zero attached hydrogens (tertiary/aromatic N) is 1. The van der Waals surface area contributed by atoms with Gasteiger partial charge in [-0.05, 0) is 18.4 Å². The number of hydrogen-bond acceptors (Lipinski definition) is 1. The van der Waals surface area contributed by atoms with E-state index < -0.39 is 0 Å². The minimum Gasteiger partial charge on any atom is -0.327 e. The zero-order valence-electron chi connectivity index (χ0n) is 10.7. The molecule has 0 spiro atoms. The van der Waals surface area contributed by atoms with Gasteiger partial charge in [0, 0.05) is 19.4 Å². The highest BCUT2D eigenvalue weighted by molar-refractivity contribution is 5.76. The van der Waals surface area contributed by atoms with Gasteiger partial charge in [-0.25, -0.2) is 0 Å². The number of rotatable bonds is 2. The third-order valence-corrected chi connectivity index (χ3v) is 3.16. The first kappa shape index (κ1) is 12.7. The van der Waals surface area contributed by atoms with Gasteiger partial charge < -0.3 is 4.90 Å². The highest BCUT2D eigenvalue weighted by Gasteiger charge is 2.12. The molecule has 0 bridgehead atoms. The fraction of sp³-hybridized carbons (Fsp3) is 0.438. The summed E-state index contributed by atoms with van der Waals surface area (Å²) in [6.07, 6.45) is 4.85. The molecule has 94 valence electrons. The van der Waals surface area contributed by atoms with Crippen molar-refractivity contribution in [2.24, 2.45) is 0 Å². The molecule has 2 nitrogen and oxygen atoms in total. The van der Waals surface area contributed by atoms with Gasteiger partial charge in [-0.15, -0.1) is 5.92 Å². The second kappa shape index (κ2) is 6.86. The number of hydrogen-bond donors (Lipinski definition) is 0. The highest BCUT2D eigenvalue weighted by atomic mass is 16.2. The summed E-state index contributed by atoms with van der Waals surface area (Å²) >= 11 is 0. The van der Waals surface area contributed by atoms with Crippen LogP contribution in [-0.4, -0.2) is 17.4 Å². The van der Waals surface area contributed by atoms with Crippen LogP contribution in [0.25, 0.3) is 0 Å². The van der Waals surface area contributed by atoms with Crippen molar-refractivity contribution < 1.29 is 4.79 Å². The predicted octanol–water partition coefficient (Wildman–Crippen LogP) is 2.98. The number of amides is 1. The number of carbonyl (C=O) groups is 1. The van der Waals surface area contributed by atoms with Gasteiger partial charge in [0.25, 0.3) is 0 Å². The van der Waals surface area contributed by atoms with Crippen LogP contribution in [-0.2, 0) is 11.3 Å². The molecule has 0 unspecified atom stereocenters. The summed E-state index contributed by atoms with van der Waals surface area (Å²) in [6, 6.07) is 10.1. The standard InChI is InChI=1S/C16H19NO/c18-16-12-8-3-1-2-4-9-13-17(16)14-15-10-6-5-7-11-15/h5-7,10-11H,1-3,8,12-14H2. The van der Waals surface area contributed by atoms with Crippen molar-refractivity contribution in [3.05, 3.63) is 35.9 Å². The fourth-order valence-corrected chi connectivity index (χ4v) is 2.10. The van der Waals surface area contributed by atoms with Crippen LogP contribution >= 0.6 is 0 Å². The third-order valence-electron chi connectivity index (χ3n) is 3.16. The van der Waals surface area contributed by atoms with Gasteiger partial charge in [0.05, 0.1) is 6.54 Å². The number of benzene rings is 1. The molecule has 0 fully saturated rings. The molecule has 0 aliphatic carbocycles. The predicted molar refractivity (Wildman–Crippen MR) is 72.7 cm³/mol. The Morgan fingerprint density at radius 3 is 2.72 bits per heavy atom. The lowest BCUT2D eigenvalue weighted by atomic mass is 10.1. The maximum absolute atomic E-state index is 12.1. The van der Waals surface area contributed by atoms with Crippen molar-refractivity contribution in [1.82, 2.24) is 4.90 Å². The molecule has 2 heteroatoms. The van der Waals surface area contributed by atoms with Crippen molar-refractivity contribution >= 4 is 5.91 Å². The van der Waals surface area contributed by atoms with E-state index in [9.17, 15) is 4.79 Å². The van der Waals surface area contributed by atoms with Gasteiger partial charge in [0.15, 0.2) is 0 Å². The molecule has 0 saturated carbocycles. The first-order valence-corrected chi connectivity index (χ1v) is 6.64. The summed E-state index contributed by atoms with van der Waals surface area (Å²) in [6.45, 7) is 1.24. The molecule has 1 aromatic carbocycles. The summed E-state index contributed by atoms with van der Waals surface area (Å²) in [4.78, 5) is 14.0. The first-order valence-electron chi connectivity index (χ1n) is 6.64. The summed E-state index contributed by atoms with van der Waals surface area (Å²) in [5, 5.41) is 0. The van der Waals surface area contributed by atoms with Crippen LogP contribution in [0.2, 0.25) is 0 Å². The second-order valence-corrected chi connectivity index (χ2v) is 4.65. The van der Waals surface area contributed by atoms with Crippen molar-refractivity contribution in [1.29, 1.82) is 0 Å². The monoisotopic (exact) mass is 241 g/mol. The molecule has 1 aromatic rings. The molecule has 18 heavy (non-hydrogen) atoms. The van der Waals surface area contributed by atoms with E-state index in [-0.39, 0.29) is 5.91 Å². The molecule has 0 atom stereocenters. The molecule has 1 aliphatic heterocycles. The lowest BCUT2D eigenvalue weighted by molar-refractivity contribution is -0.131. The molecule has 0 saturated heterocycles. The highest BCUT2D eigenvalue weighted by Crippen LogP contribution is 2.10. The van der Waals surface area contributed by atoms with Crippen LogP contribution in [0.1, 0.15) is 37.7 Å². The summed E-state index contributed by atoms with van der Waals surface area (Å²) in [5.74, 6) is 6.49. The Morgan fingerprint density at radius 2 is 1.89 bits per heavy atom. The minimum absolute atomic E-state index is 0.232. The Kier molecular flexibility index (Phi) is 4.84. The topological polar surface area (TPSA) is 20.3 Å². The summed E-state index contributed by atoms with van der Waals surface area (Å²) in [5.41, 5.74) is 1.17. The van der Waals surface area contributed by atoms with Crippen LogP contribution in [0.3, 0.4) is 0 Å². The second-order valence-electron chi connectivity index (χ2n) is 4.65. The quantitative estimate of drug-likeness (QED) is 0.729. The zero-order valence-corrected chi connectivity index (χ0v) is 10.7. The van der Waals surface area contributed by atoms with Crippen LogP contribution in [0, 0.1) is 11.8 Å². The van der Waals surface area contributed by atoms with Crippen LogP contribution in [0.15, 0.2) is 30.3 Å². The van der Waals surface area contributed by atoms with Crippen LogP contribution in [0.5, 0.6) is 0 Å². The fourth-order valence-electron chi connectivity index (χ4n) is 2.10. The van der Waals surface area contributed by atoms with E-state index in [1.54, 1.807) is 0 Å². The van der Waals surface area contributed by atoms with Gasteiger partial charge in [-0.3, -0.25) is 4.79 Å². The van der Waals surface area contributed by atoms with Crippen molar-refractivity contribution in [3.8, 4) is 11.8 Å². The maximum atomic E-state index is 12.1. The molecule has 1 heterocycles. The Bertz CT molecular complexity index is 441. The first-order chi connectivity index (χ1) is 8.86. The molecular weight excluding hydrogens is 222 g/mol. The van der Waals surface area contributed by atoms with Gasteiger partial charge in [-0.2, -0.15) is 0 Å². The average molecular weight is 241 g/mol. The van der Waals surface area contributed by atoms with E-state index in [1.807, 2.05) is 23.1 Å². The van der Waals surface area contributed by atoms with Gasteiger partial charge in [0.1, 0.15) is 0 Å². The Labute approximate surface area is 109 Å². The Hall–Kier alpha value is -1.75. The largest absolute Gasteiger partial charge is 0.327 e. The molecule has 0 aromatic heterocycles. The Morgan fingerprint density at radius 1 is 1.06 bits per heavy atom. The number of carbonyl (C=O) groups excluding carboxylic acids is 1. The Balaban J connectivity index is 2.04. The van der Waals surface area contributed by atoms with Crippen LogP contribution < -0.4 is 0 Å². The maximum Gasteiger partial charge on any atom is 0.223 e. The lowest BCUT2D eigenvalue weighted by Gasteiger charge is -2.21. The van der Waals surface area contributed by atoms with Crippen molar-refractivity contribution in [3.63, 3.8) is 0 Å². The molecular formula is C16H19NO.